The maximum absolute atomic E-state index is 12.7. The minimum atomic E-state index is -4.76. The Balaban J connectivity index is 1.94. The van der Waals surface area contributed by atoms with Crippen molar-refractivity contribution in [2.24, 2.45) is 0 Å². The molecule has 2 aromatic carbocycles. The molecule has 1 fully saturated rings. The molecule has 1 heterocycles. The van der Waals surface area contributed by atoms with Crippen LogP contribution in [0.4, 0.5) is 13.2 Å². The van der Waals surface area contributed by atoms with Crippen LogP contribution >= 0.6 is 0 Å². The summed E-state index contributed by atoms with van der Waals surface area (Å²) in [6.07, 6.45) is -4.04. The number of benzene rings is 2. The molecule has 1 aliphatic rings. The van der Waals surface area contributed by atoms with E-state index in [1.807, 2.05) is 31.2 Å². The Morgan fingerprint density at radius 1 is 1.04 bits per heavy atom. The number of ether oxygens (including phenoxy) is 2. The van der Waals surface area contributed by atoms with Crippen LogP contribution in [-0.4, -0.2) is 25.6 Å². The number of halogens is 3. The van der Waals surface area contributed by atoms with Crippen molar-refractivity contribution in [3.63, 3.8) is 0 Å². The minimum Gasteiger partial charge on any atom is -0.484 e. The van der Waals surface area contributed by atoms with Gasteiger partial charge < -0.3 is 14.8 Å². The number of hydrogen-bond donors (Lipinski definition) is 1. The van der Waals surface area contributed by atoms with Gasteiger partial charge in [-0.3, -0.25) is 0 Å². The van der Waals surface area contributed by atoms with Gasteiger partial charge in [0.2, 0.25) is 0 Å². The van der Waals surface area contributed by atoms with Crippen LogP contribution < -0.4 is 14.8 Å². The lowest BCUT2D eigenvalue weighted by Gasteiger charge is -2.28. The summed E-state index contributed by atoms with van der Waals surface area (Å²) >= 11 is 0. The quantitative estimate of drug-likeness (QED) is 0.888. The predicted molar refractivity (Wildman–Crippen MR) is 85.2 cm³/mol. The number of aryl methyl sites for hydroxylation is 1. The van der Waals surface area contributed by atoms with E-state index >= 15 is 0 Å². The van der Waals surface area contributed by atoms with Crippen molar-refractivity contribution in [2.75, 3.05) is 13.1 Å². The molecular weight excluding hydrogens is 319 g/mol. The van der Waals surface area contributed by atoms with Crippen LogP contribution in [0.25, 0.3) is 11.1 Å². The van der Waals surface area contributed by atoms with Crippen molar-refractivity contribution in [2.45, 2.75) is 25.8 Å². The van der Waals surface area contributed by atoms with Crippen molar-refractivity contribution in [3.8, 4) is 22.6 Å². The Morgan fingerprint density at radius 2 is 1.79 bits per heavy atom. The number of nitrogens with one attached hydrogen (secondary N) is 1. The van der Waals surface area contributed by atoms with Crippen LogP contribution in [0.3, 0.4) is 0 Å². The van der Waals surface area contributed by atoms with E-state index in [1.165, 1.54) is 12.1 Å². The first kappa shape index (κ1) is 16.6. The fourth-order valence-corrected chi connectivity index (χ4v) is 2.49. The Labute approximate surface area is 138 Å². The van der Waals surface area contributed by atoms with Crippen molar-refractivity contribution in [3.05, 3.63) is 48.0 Å². The molecule has 1 N–H and O–H groups in total. The smallest absolute Gasteiger partial charge is 0.484 e. The third-order valence-electron chi connectivity index (χ3n) is 3.88. The van der Waals surface area contributed by atoms with E-state index in [2.05, 4.69) is 10.1 Å². The first-order valence-corrected chi connectivity index (χ1v) is 7.81. The molecule has 128 valence electrons. The largest absolute Gasteiger partial charge is 0.573 e. The van der Waals surface area contributed by atoms with Crippen molar-refractivity contribution in [1.82, 2.24) is 5.32 Å². The van der Waals surface area contributed by atoms with E-state index in [4.69, 9.17) is 4.74 Å². The van der Waals surface area contributed by atoms with E-state index in [1.54, 1.807) is 6.07 Å². The number of alkyl halides is 3. The van der Waals surface area contributed by atoms with Crippen LogP contribution in [0, 0.1) is 0 Å². The molecule has 0 bridgehead atoms. The molecule has 0 radical (unpaired) electrons. The lowest BCUT2D eigenvalue weighted by atomic mass is 10.0. The van der Waals surface area contributed by atoms with Crippen molar-refractivity contribution in [1.29, 1.82) is 0 Å². The second-order valence-electron chi connectivity index (χ2n) is 5.66. The molecule has 3 nitrogen and oxygen atoms in total. The molecule has 0 aromatic heterocycles. The van der Waals surface area contributed by atoms with Gasteiger partial charge in [-0.25, -0.2) is 0 Å². The van der Waals surface area contributed by atoms with Crippen LogP contribution in [0.2, 0.25) is 0 Å². The van der Waals surface area contributed by atoms with Gasteiger partial charge >= 0.3 is 6.36 Å². The fourth-order valence-electron chi connectivity index (χ4n) is 2.49. The zero-order valence-electron chi connectivity index (χ0n) is 13.2. The highest BCUT2D eigenvalue weighted by Crippen LogP contribution is 2.37. The second kappa shape index (κ2) is 6.73. The SMILES string of the molecule is CCc1cccc(-c2ccc(OC3CNC3)c(OC(F)(F)F)c2)c1. The lowest BCUT2D eigenvalue weighted by molar-refractivity contribution is -0.275. The van der Waals surface area contributed by atoms with Gasteiger partial charge in [-0.05, 0) is 35.2 Å². The Morgan fingerprint density at radius 3 is 2.42 bits per heavy atom. The molecule has 1 saturated heterocycles. The highest BCUT2D eigenvalue weighted by atomic mass is 19.4. The summed E-state index contributed by atoms with van der Waals surface area (Å²) in [5.74, 6) is -0.206. The van der Waals surface area contributed by atoms with Gasteiger partial charge in [-0.15, -0.1) is 13.2 Å². The summed E-state index contributed by atoms with van der Waals surface area (Å²) < 4.78 is 47.9. The van der Waals surface area contributed by atoms with Crippen LogP contribution in [0.1, 0.15) is 12.5 Å². The van der Waals surface area contributed by atoms with Gasteiger partial charge in [0.15, 0.2) is 11.5 Å². The van der Waals surface area contributed by atoms with Crippen molar-refractivity contribution < 1.29 is 22.6 Å². The van der Waals surface area contributed by atoms with E-state index in [0.717, 1.165) is 17.5 Å². The molecule has 0 aliphatic carbocycles. The molecule has 0 unspecified atom stereocenters. The third kappa shape index (κ3) is 4.00. The molecule has 24 heavy (non-hydrogen) atoms. The van der Waals surface area contributed by atoms with Gasteiger partial charge in [0.1, 0.15) is 6.10 Å². The summed E-state index contributed by atoms with van der Waals surface area (Å²) in [5.41, 5.74) is 2.62. The zero-order chi connectivity index (χ0) is 17.2. The first-order chi connectivity index (χ1) is 11.4. The molecule has 2 aromatic rings. The molecule has 3 rings (SSSR count). The summed E-state index contributed by atoms with van der Waals surface area (Å²) in [5, 5.41) is 3.01. The van der Waals surface area contributed by atoms with E-state index in [-0.39, 0.29) is 17.6 Å². The van der Waals surface area contributed by atoms with Crippen LogP contribution in [0.15, 0.2) is 42.5 Å². The Bertz CT molecular complexity index is 712. The molecule has 0 atom stereocenters. The van der Waals surface area contributed by atoms with Crippen LogP contribution in [-0.2, 0) is 6.42 Å². The van der Waals surface area contributed by atoms with Gasteiger partial charge in [0.05, 0.1) is 0 Å². The lowest BCUT2D eigenvalue weighted by Crippen LogP contribution is -2.50. The van der Waals surface area contributed by atoms with E-state index in [0.29, 0.717) is 18.7 Å². The minimum absolute atomic E-state index is 0.106. The molecular formula is C18H18F3NO2. The van der Waals surface area contributed by atoms with Crippen LogP contribution in [0.5, 0.6) is 11.5 Å². The first-order valence-electron chi connectivity index (χ1n) is 7.81. The topological polar surface area (TPSA) is 30.5 Å². The summed E-state index contributed by atoms with van der Waals surface area (Å²) in [4.78, 5) is 0. The average Bonchev–Trinajstić information content (AvgIpc) is 2.50. The number of rotatable bonds is 5. The molecule has 0 saturated carbocycles. The van der Waals surface area contributed by atoms with Crippen molar-refractivity contribution >= 4 is 0 Å². The maximum Gasteiger partial charge on any atom is 0.573 e. The highest BCUT2D eigenvalue weighted by Gasteiger charge is 2.33. The molecule has 0 amide bonds. The highest BCUT2D eigenvalue weighted by molar-refractivity contribution is 5.68. The molecule has 1 aliphatic heterocycles. The predicted octanol–water partition coefficient (Wildman–Crippen LogP) is 4.17. The van der Waals surface area contributed by atoms with Gasteiger partial charge in [0.25, 0.3) is 0 Å². The van der Waals surface area contributed by atoms with Gasteiger partial charge in [-0.1, -0.05) is 37.3 Å². The molecule has 0 spiro atoms. The average molecular weight is 337 g/mol. The summed E-state index contributed by atoms with van der Waals surface area (Å²) in [7, 11) is 0. The van der Waals surface area contributed by atoms with E-state index < -0.39 is 6.36 Å². The Kier molecular flexibility index (Phi) is 4.66. The van der Waals surface area contributed by atoms with Gasteiger partial charge in [0, 0.05) is 13.1 Å². The Hall–Kier alpha value is -2.21. The standard InChI is InChI=1S/C18H18F3NO2/c1-2-12-4-3-5-13(8-12)14-6-7-16(23-15-10-22-11-15)17(9-14)24-18(19,20)21/h3-9,15,22H,2,10-11H2,1H3. The fraction of sp³-hybridized carbons (Fsp3) is 0.333. The molecule has 6 heteroatoms. The maximum atomic E-state index is 12.7. The normalized spacial score (nSPS) is 15.0. The summed E-state index contributed by atoms with van der Waals surface area (Å²) in [6.45, 7) is 3.26. The zero-order valence-corrected chi connectivity index (χ0v) is 13.2. The summed E-state index contributed by atoms with van der Waals surface area (Å²) in [6, 6.07) is 12.4. The van der Waals surface area contributed by atoms with Gasteiger partial charge in [-0.2, -0.15) is 0 Å². The van der Waals surface area contributed by atoms with E-state index in [9.17, 15) is 13.2 Å². The third-order valence-corrected chi connectivity index (χ3v) is 3.88. The second-order valence-corrected chi connectivity index (χ2v) is 5.66. The number of hydrogen-bond acceptors (Lipinski definition) is 3. The monoisotopic (exact) mass is 337 g/mol.